The number of hydrogen-bond donors (Lipinski definition) is 1. The Morgan fingerprint density at radius 2 is 1.60 bits per heavy atom. The van der Waals surface area contributed by atoms with Crippen LogP contribution in [-0.2, 0) is 25.7 Å². The van der Waals surface area contributed by atoms with Gasteiger partial charge in [0.1, 0.15) is 5.82 Å². The van der Waals surface area contributed by atoms with E-state index in [2.05, 4.69) is 17.0 Å². The number of alkyl halides is 2. The molecule has 0 aromatic heterocycles. The second-order valence-electron chi connectivity index (χ2n) is 14.4. The second kappa shape index (κ2) is 13.0. The van der Waals surface area contributed by atoms with Crippen molar-refractivity contribution in [1.29, 1.82) is 0 Å². The lowest BCUT2D eigenvalue weighted by molar-refractivity contribution is -0.144. The van der Waals surface area contributed by atoms with Crippen LogP contribution in [0.1, 0.15) is 49.7 Å². The average Bonchev–Trinajstić information content (AvgIpc) is 3.48. The first kappa shape index (κ1) is 34.8. The van der Waals surface area contributed by atoms with Crippen LogP contribution in [0.5, 0.6) is 11.5 Å². The summed E-state index contributed by atoms with van der Waals surface area (Å²) >= 11 is 14.9. The van der Waals surface area contributed by atoms with Gasteiger partial charge in [0.15, 0.2) is 21.2 Å². The van der Waals surface area contributed by atoms with E-state index in [9.17, 15) is 28.7 Å². The molecule has 2 aliphatic carbocycles. The van der Waals surface area contributed by atoms with Crippen LogP contribution in [0.25, 0.3) is 0 Å². The molecule has 52 heavy (non-hydrogen) atoms. The normalized spacial score (nSPS) is 30.7. The van der Waals surface area contributed by atoms with Gasteiger partial charge in [0.05, 0.1) is 24.1 Å². The minimum atomic E-state index is -2.16. The molecule has 0 spiro atoms. The number of likely N-dealkylation sites (tertiary alicyclic amines) is 2. The lowest BCUT2D eigenvalue weighted by Gasteiger charge is -2.50. The number of imide groups is 2. The maximum atomic E-state index is 14.6. The molecule has 270 valence electrons. The first-order valence-electron chi connectivity index (χ1n) is 17.8. The van der Waals surface area contributed by atoms with Crippen LogP contribution in [0.3, 0.4) is 0 Å². The van der Waals surface area contributed by atoms with Crippen molar-refractivity contribution >= 4 is 52.5 Å². The van der Waals surface area contributed by atoms with Crippen molar-refractivity contribution in [2.45, 2.75) is 60.9 Å². The Kier molecular flexibility index (Phi) is 8.71. The number of anilines is 1. The number of carbonyl (C=O) groups excluding carboxylic acids is 4. The number of phenols is 1. The topological polar surface area (TPSA) is 107 Å². The highest BCUT2D eigenvalue weighted by Crippen LogP contribution is 2.67. The number of carbonyl (C=O) groups is 4. The van der Waals surface area contributed by atoms with Gasteiger partial charge >= 0.3 is 0 Å². The number of phenolic OH excluding ortho intramolecular Hbond substituents is 1. The van der Waals surface area contributed by atoms with Crippen LogP contribution in [-0.4, -0.2) is 74.0 Å². The number of amides is 4. The fraction of sp³-hybridized carbons (Fsp3) is 0.400. The number of piperidine rings is 1. The number of benzene rings is 3. The molecule has 3 aliphatic heterocycles. The highest BCUT2D eigenvalue weighted by Gasteiger charge is 2.77. The van der Waals surface area contributed by atoms with Crippen LogP contribution in [0.4, 0.5) is 10.1 Å². The number of nitrogens with zero attached hydrogens (tertiary/aromatic N) is 3. The molecule has 4 fully saturated rings. The monoisotopic (exact) mass is 745 g/mol. The SMILES string of the molecule is CCOc1cccc(C2C3=CCC4C(=O)N(C5CCN(Cc6ccccc6)CC5)C(=O)C4C3CC3(Cl)C(=O)N(c4ccc(F)cc4)C(=O)C23Cl)c1O. The predicted molar refractivity (Wildman–Crippen MR) is 192 cm³/mol. The van der Waals surface area contributed by atoms with Gasteiger partial charge in [-0.3, -0.25) is 29.0 Å². The molecule has 5 aliphatic rings. The first-order chi connectivity index (χ1) is 25.0. The van der Waals surface area contributed by atoms with Crippen LogP contribution >= 0.6 is 23.2 Å². The van der Waals surface area contributed by atoms with Crippen molar-refractivity contribution in [3.8, 4) is 11.5 Å². The van der Waals surface area contributed by atoms with Gasteiger partial charge in [-0.25, -0.2) is 9.29 Å². The molecule has 0 bridgehead atoms. The zero-order chi connectivity index (χ0) is 36.5. The fourth-order valence-corrected chi connectivity index (χ4v) is 10.3. The summed E-state index contributed by atoms with van der Waals surface area (Å²) in [5.41, 5.74) is 2.07. The Bertz CT molecular complexity index is 1990. The summed E-state index contributed by atoms with van der Waals surface area (Å²) < 4.78 is 19.7. The van der Waals surface area contributed by atoms with Gasteiger partial charge in [0, 0.05) is 37.2 Å². The molecule has 3 aromatic rings. The minimum absolute atomic E-state index is 0.0867. The van der Waals surface area contributed by atoms with Crippen molar-refractivity contribution in [3.63, 3.8) is 0 Å². The third-order valence-corrected chi connectivity index (χ3v) is 13.2. The summed E-state index contributed by atoms with van der Waals surface area (Å²) in [7, 11) is 0. The van der Waals surface area contributed by atoms with Gasteiger partial charge in [-0.2, -0.15) is 0 Å². The Morgan fingerprint density at radius 3 is 2.29 bits per heavy atom. The Balaban J connectivity index is 1.17. The Labute approximate surface area is 310 Å². The summed E-state index contributed by atoms with van der Waals surface area (Å²) in [6.45, 7) is 4.25. The number of allylic oxidation sites excluding steroid dienone is 2. The smallest absolute Gasteiger partial charge is 0.258 e. The number of halogens is 3. The number of hydrogen-bond acceptors (Lipinski definition) is 7. The van der Waals surface area contributed by atoms with E-state index in [1.54, 1.807) is 25.1 Å². The summed E-state index contributed by atoms with van der Waals surface area (Å²) in [5, 5.41) is 11.6. The molecule has 3 aromatic carbocycles. The summed E-state index contributed by atoms with van der Waals surface area (Å²) in [6, 6.07) is 19.6. The van der Waals surface area contributed by atoms with Crippen molar-refractivity contribution < 1.29 is 33.4 Å². The van der Waals surface area contributed by atoms with Crippen molar-refractivity contribution in [2.24, 2.45) is 17.8 Å². The average molecular weight is 747 g/mol. The van der Waals surface area contributed by atoms with Gasteiger partial charge in [0.25, 0.3) is 11.8 Å². The number of ether oxygens (including phenoxy) is 1. The quantitative estimate of drug-likeness (QED) is 0.176. The van der Waals surface area contributed by atoms with Crippen molar-refractivity contribution in [2.75, 3.05) is 24.6 Å². The van der Waals surface area contributed by atoms with E-state index in [4.69, 9.17) is 27.9 Å². The van der Waals surface area contributed by atoms with Gasteiger partial charge in [0.2, 0.25) is 11.8 Å². The van der Waals surface area contributed by atoms with E-state index >= 15 is 0 Å². The maximum absolute atomic E-state index is 14.6. The zero-order valence-electron chi connectivity index (χ0n) is 28.5. The number of aromatic hydroxyl groups is 1. The molecule has 8 rings (SSSR count). The lowest BCUT2D eigenvalue weighted by Crippen LogP contribution is -2.60. The largest absolute Gasteiger partial charge is 0.504 e. The van der Waals surface area contributed by atoms with Gasteiger partial charge in [-0.15, -0.1) is 23.2 Å². The molecule has 0 radical (unpaired) electrons. The molecule has 9 nitrogen and oxygen atoms in total. The minimum Gasteiger partial charge on any atom is -0.504 e. The number of rotatable bonds is 7. The van der Waals surface area contributed by atoms with E-state index in [0.717, 1.165) is 36.7 Å². The summed E-state index contributed by atoms with van der Waals surface area (Å²) in [4.78, 5) is 58.3. The Morgan fingerprint density at radius 1 is 0.885 bits per heavy atom. The molecule has 3 saturated heterocycles. The molecule has 6 unspecified atom stereocenters. The third-order valence-electron chi connectivity index (χ3n) is 11.7. The standard InChI is InChI=1S/C40H38Cl2FN3O6/c1-2-52-31-10-6-9-29(34(31)47)33-27-15-16-28-32(36(49)45(35(28)48)26-17-19-44(20-18-26)22-23-7-4-3-5-8-23)30(27)21-39(41)37(50)46(38(51)40(33,39)42)25-13-11-24(43)12-14-25/h3-15,26,28,30,32-33,47H,2,16-22H2,1H3. The molecule has 12 heteroatoms. The second-order valence-corrected chi connectivity index (χ2v) is 15.7. The highest BCUT2D eigenvalue weighted by atomic mass is 35.5. The zero-order valence-corrected chi connectivity index (χ0v) is 30.0. The van der Waals surface area contributed by atoms with Crippen molar-refractivity contribution in [3.05, 3.63) is 101 Å². The van der Waals surface area contributed by atoms with Crippen molar-refractivity contribution in [1.82, 2.24) is 9.80 Å². The van der Waals surface area contributed by atoms with E-state index < -0.39 is 51.1 Å². The fourth-order valence-electron chi connectivity index (χ4n) is 9.35. The van der Waals surface area contributed by atoms with E-state index in [0.29, 0.717) is 18.4 Å². The summed E-state index contributed by atoms with van der Waals surface area (Å²) in [5.74, 6) is -6.29. The van der Waals surface area contributed by atoms with Gasteiger partial charge < -0.3 is 9.84 Å². The molecule has 6 atom stereocenters. The number of fused-ring (bicyclic) bond motifs is 4. The molecule has 1 N–H and O–H groups in total. The van der Waals surface area contributed by atoms with E-state index in [-0.39, 0.29) is 60.1 Å². The Hall–Kier alpha value is -4.25. The van der Waals surface area contributed by atoms with E-state index in [1.165, 1.54) is 22.6 Å². The van der Waals surface area contributed by atoms with Crippen LogP contribution < -0.4 is 9.64 Å². The third kappa shape index (κ3) is 5.12. The molecular formula is C40H38Cl2FN3O6. The highest BCUT2D eigenvalue weighted by molar-refractivity contribution is 6.58. The first-order valence-corrected chi connectivity index (χ1v) is 18.5. The van der Waals surface area contributed by atoms with Crippen LogP contribution in [0.2, 0.25) is 0 Å². The van der Waals surface area contributed by atoms with Crippen LogP contribution in [0.15, 0.2) is 84.4 Å². The lowest BCUT2D eigenvalue weighted by atomic mass is 9.56. The van der Waals surface area contributed by atoms with Crippen LogP contribution in [0, 0.1) is 23.6 Å². The predicted octanol–water partition coefficient (Wildman–Crippen LogP) is 6.16. The molecule has 1 saturated carbocycles. The maximum Gasteiger partial charge on any atom is 0.258 e. The number of para-hydroxylation sites is 1. The molecular weight excluding hydrogens is 708 g/mol. The van der Waals surface area contributed by atoms with Gasteiger partial charge in [-0.05, 0) is 74.4 Å². The summed E-state index contributed by atoms with van der Waals surface area (Å²) in [6.07, 6.45) is 3.15. The molecule has 3 heterocycles. The van der Waals surface area contributed by atoms with E-state index in [1.807, 2.05) is 24.3 Å². The van der Waals surface area contributed by atoms with Gasteiger partial charge in [-0.1, -0.05) is 54.1 Å². The molecule has 4 amide bonds.